The maximum absolute atomic E-state index is 13.8. The lowest BCUT2D eigenvalue weighted by molar-refractivity contribution is -0.0270. The lowest BCUT2D eigenvalue weighted by atomic mass is 10.2. The van der Waals surface area contributed by atoms with E-state index in [2.05, 4.69) is 15.0 Å². The van der Waals surface area contributed by atoms with Crippen LogP contribution in [0.5, 0.6) is 0 Å². The monoisotopic (exact) mass is 340 g/mol. The summed E-state index contributed by atoms with van der Waals surface area (Å²) in [5.41, 5.74) is 1.56. The molecule has 0 spiro atoms. The number of rotatable bonds is 2. The third kappa shape index (κ3) is 2.98. The van der Waals surface area contributed by atoms with E-state index in [1.165, 1.54) is 6.07 Å². The van der Waals surface area contributed by atoms with Gasteiger partial charge in [-0.1, -0.05) is 12.1 Å². The van der Waals surface area contributed by atoms with Crippen LogP contribution >= 0.6 is 0 Å². The van der Waals surface area contributed by atoms with E-state index in [1.54, 1.807) is 29.3 Å². The van der Waals surface area contributed by atoms with Gasteiger partial charge in [-0.3, -0.25) is 4.79 Å². The first-order valence-electron chi connectivity index (χ1n) is 8.09. The van der Waals surface area contributed by atoms with Crippen molar-refractivity contribution in [1.29, 1.82) is 0 Å². The van der Waals surface area contributed by atoms with E-state index in [9.17, 15) is 9.18 Å². The second kappa shape index (κ2) is 6.25. The lowest BCUT2D eigenvalue weighted by Crippen LogP contribution is -2.42. The van der Waals surface area contributed by atoms with Crippen LogP contribution in [0.15, 0.2) is 36.5 Å². The number of ether oxygens (including phenoxy) is 1. The summed E-state index contributed by atoms with van der Waals surface area (Å²) in [6.45, 7) is 3.12. The van der Waals surface area contributed by atoms with E-state index in [4.69, 9.17) is 4.74 Å². The molecule has 4 rings (SSSR count). The van der Waals surface area contributed by atoms with Crippen molar-refractivity contribution in [3.05, 3.63) is 59.6 Å². The van der Waals surface area contributed by atoms with Crippen LogP contribution in [0.3, 0.4) is 0 Å². The highest BCUT2D eigenvalue weighted by Gasteiger charge is 2.28. The maximum Gasteiger partial charge on any atom is 0.270 e. The molecule has 1 atom stereocenters. The Labute approximate surface area is 143 Å². The van der Waals surface area contributed by atoms with Gasteiger partial charge in [0, 0.05) is 23.8 Å². The minimum atomic E-state index is -0.371. The number of morpholine rings is 1. The Bertz CT molecular complexity index is 940. The van der Waals surface area contributed by atoms with Gasteiger partial charge in [-0.25, -0.2) is 14.4 Å². The number of benzene rings is 1. The Morgan fingerprint density at radius 3 is 3.08 bits per heavy atom. The molecule has 7 heteroatoms. The number of aryl methyl sites for hydroxylation is 1. The SMILES string of the molecule is Cc1ccnc([C@H]2CN(C(=O)c3cc4cccc(F)c4[nH]3)CCO2)n1. The predicted molar refractivity (Wildman–Crippen MR) is 89.6 cm³/mol. The fraction of sp³-hybridized carbons (Fsp3) is 0.278. The number of amides is 1. The minimum Gasteiger partial charge on any atom is -0.367 e. The molecule has 1 N–H and O–H groups in total. The Morgan fingerprint density at radius 2 is 2.28 bits per heavy atom. The molecule has 1 aromatic carbocycles. The first-order valence-corrected chi connectivity index (χ1v) is 8.09. The summed E-state index contributed by atoms with van der Waals surface area (Å²) in [5.74, 6) is 0.0151. The summed E-state index contributed by atoms with van der Waals surface area (Å²) in [6, 6.07) is 8.25. The van der Waals surface area contributed by atoms with Crippen LogP contribution in [0.2, 0.25) is 0 Å². The highest BCUT2D eigenvalue weighted by atomic mass is 19.1. The zero-order valence-electron chi connectivity index (χ0n) is 13.7. The standard InChI is InChI=1S/C18H17FN4O2/c1-11-5-6-20-17(21-11)15-10-23(7-8-25-15)18(24)14-9-12-3-2-4-13(19)16(12)22-14/h2-6,9,15,22H,7-8,10H2,1H3/t15-/m1/s1. The molecular formula is C18H17FN4O2. The maximum atomic E-state index is 13.8. The molecule has 2 aromatic heterocycles. The van der Waals surface area contributed by atoms with Crippen molar-refractivity contribution in [1.82, 2.24) is 19.9 Å². The summed E-state index contributed by atoms with van der Waals surface area (Å²) in [7, 11) is 0. The summed E-state index contributed by atoms with van der Waals surface area (Å²) in [4.78, 5) is 26.0. The number of nitrogens with zero attached hydrogens (tertiary/aromatic N) is 3. The van der Waals surface area contributed by atoms with E-state index < -0.39 is 0 Å². The molecule has 0 saturated carbocycles. The number of carbonyl (C=O) groups is 1. The van der Waals surface area contributed by atoms with Crippen molar-refractivity contribution in [2.45, 2.75) is 13.0 Å². The van der Waals surface area contributed by atoms with Gasteiger partial charge in [0.2, 0.25) is 0 Å². The topological polar surface area (TPSA) is 71.1 Å². The molecule has 0 aliphatic carbocycles. The van der Waals surface area contributed by atoms with Crippen molar-refractivity contribution >= 4 is 16.8 Å². The Hall–Kier alpha value is -2.80. The largest absolute Gasteiger partial charge is 0.367 e. The molecular weight excluding hydrogens is 323 g/mol. The molecule has 1 aliphatic rings. The van der Waals surface area contributed by atoms with Crippen molar-refractivity contribution < 1.29 is 13.9 Å². The van der Waals surface area contributed by atoms with Gasteiger partial charge in [0.05, 0.1) is 18.7 Å². The van der Waals surface area contributed by atoms with Crippen LogP contribution in [0.4, 0.5) is 4.39 Å². The van der Waals surface area contributed by atoms with Gasteiger partial charge < -0.3 is 14.6 Å². The molecule has 6 nitrogen and oxygen atoms in total. The van der Waals surface area contributed by atoms with Crippen molar-refractivity contribution in [2.75, 3.05) is 19.7 Å². The molecule has 0 unspecified atom stereocenters. The Balaban J connectivity index is 1.57. The molecule has 25 heavy (non-hydrogen) atoms. The van der Waals surface area contributed by atoms with Crippen LogP contribution in [0, 0.1) is 12.7 Å². The van der Waals surface area contributed by atoms with Gasteiger partial charge in [-0.05, 0) is 25.1 Å². The molecule has 0 bridgehead atoms. The van der Waals surface area contributed by atoms with Crippen LogP contribution < -0.4 is 0 Å². The summed E-state index contributed by atoms with van der Waals surface area (Å²) < 4.78 is 19.6. The number of nitrogens with one attached hydrogen (secondary N) is 1. The Kier molecular flexibility index (Phi) is 3.93. The smallest absolute Gasteiger partial charge is 0.270 e. The molecule has 3 heterocycles. The third-order valence-corrected chi connectivity index (χ3v) is 4.29. The zero-order valence-corrected chi connectivity index (χ0v) is 13.7. The summed E-state index contributed by atoms with van der Waals surface area (Å²) in [5, 5.41) is 0.676. The van der Waals surface area contributed by atoms with E-state index >= 15 is 0 Å². The number of fused-ring (bicyclic) bond motifs is 1. The Morgan fingerprint density at radius 1 is 1.40 bits per heavy atom. The van der Waals surface area contributed by atoms with Crippen molar-refractivity contribution in [2.24, 2.45) is 0 Å². The molecule has 1 aliphatic heterocycles. The summed E-state index contributed by atoms with van der Waals surface area (Å²) in [6.07, 6.45) is 1.32. The molecule has 1 saturated heterocycles. The van der Waals surface area contributed by atoms with Crippen LogP contribution in [0.25, 0.3) is 10.9 Å². The van der Waals surface area contributed by atoms with Crippen LogP contribution in [-0.4, -0.2) is 45.5 Å². The fourth-order valence-electron chi connectivity index (χ4n) is 3.02. The van der Waals surface area contributed by atoms with E-state index in [1.807, 2.05) is 13.0 Å². The number of H-pyrrole nitrogens is 1. The van der Waals surface area contributed by atoms with Crippen molar-refractivity contribution in [3.63, 3.8) is 0 Å². The number of aromatic amines is 1. The number of halogens is 1. The lowest BCUT2D eigenvalue weighted by Gasteiger charge is -2.32. The number of aromatic nitrogens is 3. The highest BCUT2D eigenvalue weighted by molar-refractivity contribution is 5.98. The van der Waals surface area contributed by atoms with Crippen LogP contribution in [0.1, 0.15) is 28.1 Å². The third-order valence-electron chi connectivity index (χ3n) is 4.29. The number of carbonyl (C=O) groups excluding carboxylic acids is 1. The molecule has 3 aromatic rings. The number of hydrogen-bond acceptors (Lipinski definition) is 4. The highest BCUT2D eigenvalue weighted by Crippen LogP contribution is 2.23. The zero-order chi connectivity index (χ0) is 17.4. The van der Waals surface area contributed by atoms with Gasteiger partial charge in [0.15, 0.2) is 5.82 Å². The van der Waals surface area contributed by atoms with Gasteiger partial charge in [-0.2, -0.15) is 0 Å². The normalized spacial score (nSPS) is 17.8. The first-order chi connectivity index (χ1) is 12.1. The number of para-hydroxylation sites is 1. The molecule has 0 radical (unpaired) electrons. The quantitative estimate of drug-likeness (QED) is 0.778. The fourth-order valence-corrected chi connectivity index (χ4v) is 3.02. The van der Waals surface area contributed by atoms with Gasteiger partial charge in [-0.15, -0.1) is 0 Å². The second-order valence-electron chi connectivity index (χ2n) is 6.05. The van der Waals surface area contributed by atoms with Gasteiger partial charge >= 0.3 is 0 Å². The summed E-state index contributed by atoms with van der Waals surface area (Å²) >= 11 is 0. The number of hydrogen-bond donors (Lipinski definition) is 1. The molecule has 128 valence electrons. The predicted octanol–water partition coefficient (Wildman–Crippen LogP) is 2.62. The average Bonchev–Trinajstić information content (AvgIpc) is 3.07. The van der Waals surface area contributed by atoms with E-state index in [0.29, 0.717) is 42.1 Å². The second-order valence-corrected chi connectivity index (χ2v) is 6.05. The first kappa shape index (κ1) is 15.7. The van der Waals surface area contributed by atoms with Gasteiger partial charge in [0.25, 0.3) is 5.91 Å². The van der Waals surface area contributed by atoms with Crippen LogP contribution in [-0.2, 0) is 4.74 Å². The van der Waals surface area contributed by atoms with Crippen molar-refractivity contribution in [3.8, 4) is 0 Å². The molecule has 1 amide bonds. The van der Waals surface area contributed by atoms with Gasteiger partial charge in [0.1, 0.15) is 17.6 Å². The van der Waals surface area contributed by atoms with E-state index in [0.717, 1.165) is 5.69 Å². The minimum absolute atomic E-state index is 0.184. The molecule has 1 fully saturated rings. The van der Waals surface area contributed by atoms with E-state index in [-0.39, 0.29) is 17.8 Å². The average molecular weight is 340 g/mol.